The maximum Gasteiger partial charge on any atom is 0.236 e. The van der Waals surface area contributed by atoms with Gasteiger partial charge in [-0.15, -0.1) is 0 Å². The molecule has 230 valence electrons. The first-order valence-corrected chi connectivity index (χ1v) is 16.2. The summed E-state index contributed by atoms with van der Waals surface area (Å²) in [6, 6.07) is 40.5. The van der Waals surface area contributed by atoms with E-state index in [0.717, 1.165) is 32.9 Å². The molecule has 0 saturated heterocycles. The first kappa shape index (κ1) is 27.4. The molecule has 0 aliphatic carbocycles. The van der Waals surface area contributed by atoms with Gasteiger partial charge in [0.25, 0.3) is 0 Å². The van der Waals surface area contributed by atoms with Crippen LogP contribution in [0, 0.1) is 0 Å². The zero-order valence-corrected chi connectivity index (χ0v) is 26.3. The molecule has 0 spiro atoms. The molecule has 0 atom stereocenters. The van der Waals surface area contributed by atoms with Gasteiger partial charge in [0, 0.05) is 68.1 Å². The second-order valence-corrected chi connectivity index (χ2v) is 12.2. The minimum Gasteiger partial charge on any atom is -0.307 e. The van der Waals surface area contributed by atoms with E-state index in [1.54, 1.807) is 24.8 Å². The summed E-state index contributed by atoms with van der Waals surface area (Å²) in [5.74, 6) is 0.992. The van der Waals surface area contributed by atoms with Gasteiger partial charge in [-0.1, -0.05) is 72.8 Å². The minimum absolute atomic E-state index is 0.442. The Hall–Kier alpha value is -6.73. The number of aliphatic imine (C=N–C) groups is 3. The molecule has 5 aromatic heterocycles. The number of rotatable bonds is 3. The first-order chi connectivity index (χ1) is 24.3. The molecular formula is C42H27N7. The van der Waals surface area contributed by atoms with E-state index >= 15 is 0 Å². The van der Waals surface area contributed by atoms with Crippen LogP contribution in [0.1, 0.15) is 11.1 Å². The second-order valence-electron chi connectivity index (χ2n) is 12.2. The lowest BCUT2D eigenvalue weighted by Crippen LogP contribution is -2.12. The van der Waals surface area contributed by atoms with Crippen LogP contribution in [-0.4, -0.2) is 37.4 Å². The predicted molar refractivity (Wildman–Crippen MR) is 203 cm³/mol. The zero-order valence-electron chi connectivity index (χ0n) is 26.3. The number of benzene rings is 5. The number of nitrogens with zero attached hydrogens (tertiary/aromatic N) is 7. The Morgan fingerprint density at radius 1 is 0.571 bits per heavy atom. The number of hydrogen-bond acceptors (Lipinski definition) is 3. The molecular weight excluding hydrogens is 603 g/mol. The highest BCUT2D eigenvalue weighted by molar-refractivity contribution is 6.34. The third-order valence-electron chi connectivity index (χ3n) is 9.65. The fraction of sp³-hybridized carbons (Fsp3) is 0.0238. The van der Waals surface area contributed by atoms with Crippen LogP contribution in [-0.2, 0) is 6.54 Å². The van der Waals surface area contributed by atoms with Crippen LogP contribution in [0.15, 0.2) is 155 Å². The fourth-order valence-electron chi connectivity index (χ4n) is 7.59. The Bertz CT molecular complexity index is 2970. The predicted octanol–water partition coefficient (Wildman–Crippen LogP) is 9.44. The molecule has 0 radical (unpaired) electrons. The van der Waals surface area contributed by atoms with Crippen LogP contribution in [0.3, 0.4) is 0 Å². The van der Waals surface area contributed by atoms with Crippen molar-refractivity contribution in [2.75, 3.05) is 0 Å². The molecule has 7 heteroatoms. The van der Waals surface area contributed by atoms with E-state index in [1.807, 2.05) is 24.3 Å². The molecule has 5 heterocycles. The van der Waals surface area contributed by atoms with Gasteiger partial charge in [0.05, 0.1) is 34.1 Å². The van der Waals surface area contributed by atoms with Crippen molar-refractivity contribution < 1.29 is 0 Å². The highest BCUT2D eigenvalue weighted by Crippen LogP contribution is 2.44. The van der Waals surface area contributed by atoms with Gasteiger partial charge in [-0.05, 0) is 60.1 Å². The summed E-state index contributed by atoms with van der Waals surface area (Å²) in [5.41, 5.74) is 7.55. The number of fused-ring (bicyclic) bond motifs is 12. The SMILES string of the molecule is C=NC(=NC(=NCc1ccncc1)c1ccncc1)n1c2ccccc2c2c3c(ccc4c5cccc6c7ccccc7n(c65)c43)ccc21. The van der Waals surface area contributed by atoms with Crippen LogP contribution in [0.2, 0.25) is 0 Å². The van der Waals surface area contributed by atoms with Crippen molar-refractivity contribution in [2.24, 2.45) is 15.0 Å². The molecule has 0 aliphatic heterocycles. The van der Waals surface area contributed by atoms with Gasteiger partial charge in [-0.25, -0.2) is 4.99 Å². The largest absolute Gasteiger partial charge is 0.307 e. The highest BCUT2D eigenvalue weighted by atomic mass is 15.2. The van der Waals surface area contributed by atoms with Crippen molar-refractivity contribution in [1.82, 2.24) is 18.9 Å². The quantitative estimate of drug-likeness (QED) is 0.144. The van der Waals surface area contributed by atoms with Crippen LogP contribution < -0.4 is 0 Å². The van der Waals surface area contributed by atoms with Crippen molar-refractivity contribution >= 4 is 89.2 Å². The molecule has 5 aromatic carbocycles. The third-order valence-corrected chi connectivity index (χ3v) is 9.65. The maximum absolute atomic E-state index is 5.12. The standard InChI is InChI=1S/C42H27N7/c1-43-42(47-41(28-19-23-45-24-20-28)46-25-26-17-21-44-22-18-26)48-35-12-5-3-8-33(35)38-36(48)16-14-27-13-15-32-31-10-6-9-30-29-7-2-4-11-34(29)49(39(30)31)40(32)37(27)38/h2-24H,1,25H2. The second kappa shape index (κ2) is 10.7. The van der Waals surface area contributed by atoms with Crippen LogP contribution >= 0.6 is 0 Å². The molecule has 49 heavy (non-hydrogen) atoms. The number of aromatic nitrogens is 4. The molecule has 10 aromatic rings. The fourth-order valence-corrected chi connectivity index (χ4v) is 7.59. The van der Waals surface area contributed by atoms with Crippen molar-refractivity contribution in [1.29, 1.82) is 0 Å². The summed E-state index contributed by atoms with van der Waals surface area (Å²) in [6.45, 7) is 4.46. The van der Waals surface area contributed by atoms with E-state index in [2.05, 4.69) is 122 Å². The number of hydrogen-bond donors (Lipinski definition) is 0. The van der Waals surface area contributed by atoms with E-state index < -0.39 is 0 Å². The van der Waals surface area contributed by atoms with E-state index in [0.29, 0.717) is 18.3 Å². The van der Waals surface area contributed by atoms with Gasteiger partial charge in [0.1, 0.15) is 0 Å². The molecule has 0 amide bonds. The molecule has 0 N–H and O–H groups in total. The average molecular weight is 630 g/mol. The van der Waals surface area contributed by atoms with E-state index in [-0.39, 0.29) is 0 Å². The van der Waals surface area contributed by atoms with E-state index in [1.165, 1.54) is 48.9 Å². The Morgan fingerprint density at radius 3 is 2.02 bits per heavy atom. The molecule has 0 aliphatic rings. The lowest BCUT2D eigenvalue weighted by atomic mass is 10.00. The highest BCUT2D eigenvalue weighted by Gasteiger charge is 2.23. The molecule has 0 fully saturated rings. The van der Waals surface area contributed by atoms with Gasteiger partial charge < -0.3 is 4.40 Å². The Kier molecular flexibility index (Phi) is 5.95. The van der Waals surface area contributed by atoms with E-state index in [4.69, 9.17) is 9.98 Å². The molecule has 0 bridgehead atoms. The van der Waals surface area contributed by atoms with Gasteiger partial charge >= 0.3 is 0 Å². The Morgan fingerprint density at radius 2 is 1.22 bits per heavy atom. The average Bonchev–Trinajstić information content (AvgIpc) is 3.81. The minimum atomic E-state index is 0.442. The molecule has 10 rings (SSSR count). The van der Waals surface area contributed by atoms with Crippen molar-refractivity contribution in [2.45, 2.75) is 6.54 Å². The maximum atomic E-state index is 5.12. The van der Waals surface area contributed by atoms with Gasteiger partial charge in [0.15, 0.2) is 5.84 Å². The van der Waals surface area contributed by atoms with E-state index in [9.17, 15) is 0 Å². The van der Waals surface area contributed by atoms with Gasteiger partial charge in [-0.3, -0.25) is 19.5 Å². The summed E-state index contributed by atoms with van der Waals surface area (Å²) in [5, 5.41) is 9.68. The lowest BCUT2D eigenvalue weighted by molar-refractivity contribution is 1.05. The normalized spacial score (nSPS) is 12.9. The zero-order chi connectivity index (χ0) is 32.5. The number of pyridine rings is 2. The van der Waals surface area contributed by atoms with Gasteiger partial charge in [0.2, 0.25) is 5.96 Å². The van der Waals surface area contributed by atoms with Crippen molar-refractivity contribution in [3.8, 4) is 0 Å². The third kappa shape index (κ3) is 3.99. The molecule has 0 saturated carbocycles. The Labute approximate surface area is 280 Å². The summed E-state index contributed by atoms with van der Waals surface area (Å²) in [7, 11) is 0. The summed E-state index contributed by atoms with van der Waals surface area (Å²) < 4.78 is 4.59. The summed E-state index contributed by atoms with van der Waals surface area (Å²) in [4.78, 5) is 23.0. The number of amidine groups is 1. The lowest BCUT2D eigenvalue weighted by Gasteiger charge is -2.10. The topological polar surface area (TPSA) is 72.2 Å². The van der Waals surface area contributed by atoms with Crippen molar-refractivity contribution in [3.63, 3.8) is 0 Å². The van der Waals surface area contributed by atoms with Crippen molar-refractivity contribution in [3.05, 3.63) is 151 Å². The molecule has 0 unspecified atom stereocenters. The number of para-hydroxylation sites is 3. The first-order valence-electron chi connectivity index (χ1n) is 16.2. The molecule has 7 nitrogen and oxygen atoms in total. The summed E-state index contributed by atoms with van der Waals surface area (Å²) >= 11 is 0. The van der Waals surface area contributed by atoms with Crippen LogP contribution in [0.25, 0.3) is 70.7 Å². The Balaban J connectivity index is 1.31. The van der Waals surface area contributed by atoms with Crippen LogP contribution in [0.4, 0.5) is 0 Å². The smallest absolute Gasteiger partial charge is 0.236 e. The summed E-state index contributed by atoms with van der Waals surface area (Å²) in [6.07, 6.45) is 7.05. The van der Waals surface area contributed by atoms with Gasteiger partial charge in [-0.2, -0.15) is 4.99 Å². The van der Waals surface area contributed by atoms with Crippen LogP contribution in [0.5, 0.6) is 0 Å². The monoisotopic (exact) mass is 629 g/mol.